The minimum Gasteiger partial charge on any atom is -0.478 e. The van der Waals surface area contributed by atoms with Gasteiger partial charge in [-0.2, -0.15) is 0 Å². The van der Waals surface area contributed by atoms with Gasteiger partial charge in [-0.15, -0.1) is 0 Å². The largest absolute Gasteiger partial charge is 0.478 e. The van der Waals surface area contributed by atoms with Crippen LogP contribution < -0.4 is 0 Å². The molecule has 0 aliphatic heterocycles. The Balaban J connectivity index is 2.45. The highest BCUT2D eigenvalue weighted by Gasteiger charge is 2.13. The van der Waals surface area contributed by atoms with E-state index in [-0.39, 0.29) is 5.97 Å². The molecule has 0 amide bonds. The second-order valence-electron chi connectivity index (χ2n) is 4.78. The van der Waals surface area contributed by atoms with Gasteiger partial charge in [-0.3, -0.25) is 0 Å². The van der Waals surface area contributed by atoms with Crippen molar-refractivity contribution in [1.29, 1.82) is 0 Å². The lowest BCUT2D eigenvalue weighted by molar-refractivity contribution is 0.0599. The van der Waals surface area contributed by atoms with E-state index in [9.17, 15) is 9.59 Å². The van der Waals surface area contributed by atoms with Crippen LogP contribution in [0.1, 0.15) is 31.8 Å². The number of carbonyl (C=O) groups excluding carboxylic acids is 1. The molecule has 0 bridgehead atoms. The molecule has 0 radical (unpaired) electrons. The second-order valence-corrected chi connectivity index (χ2v) is 4.78. The molecule has 2 aromatic carbocycles. The van der Waals surface area contributed by atoms with Gasteiger partial charge in [0.05, 0.1) is 18.2 Å². The Morgan fingerprint density at radius 1 is 0.952 bits per heavy atom. The molecular weight excluding hydrogens is 268 g/mol. The van der Waals surface area contributed by atoms with Crippen LogP contribution in [0.25, 0.3) is 11.1 Å². The lowest BCUT2D eigenvalue weighted by Crippen LogP contribution is -2.03. The molecule has 1 N–H and O–H groups in total. The summed E-state index contributed by atoms with van der Waals surface area (Å²) in [5.74, 6) is -1.31. The molecule has 0 saturated heterocycles. The normalized spacial score (nSPS) is 10.2. The van der Waals surface area contributed by atoms with Gasteiger partial charge in [0.2, 0.25) is 0 Å². The highest BCUT2D eigenvalue weighted by atomic mass is 16.5. The summed E-state index contributed by atoms with van der Waals surface area (Å²) in [6, 6.07) is 10.4. The molecule has 0 aliphatic rings. The summed E-state index contributed by atoms with van der Waals surface area (Å²) in [5.41, 5.74) is 4.34. The number of benzene rings is 2. The number of methoxy groups -OCH3 is 1. The summed E-state index contributed by atoms with van der Waals surface area (Å²) in [6.45, 7) is 3.69. The van der Waals surface area contributed by atoms with E-state index in [1.165, 1.54) is 7.11 Å². The number of aromatic carboxylic acids is 1. The van der Waals surface area contributed by atoms with Crippen molar-refractivity contribution in [3.05, 3.63) is 58.7 Å². The van der Waals surface area contributed by atoms with Crippen LogP contribution >= 0.6 is 0 Å². The lowest BCUT2D eigenvalue weighted by atomic mass is 9.93. The Labute approximate surface area is 123 Å². The average molecular weight is 284 g/mol. The topological polar surface area (TPSA) is 63.6 Å². The monoisotopic (exact) mass is 284 g/mol. The van der Waals surface area contributed by atoms with E-state index in [1.807, 2.05) is 19.1 Å². The maximum absolute atomic E-state index is 11.4. The van der Waals surface area contributed by atoms with E-state index < -0.39 is 5.97 Å². The number of carboxylic acid groups (broad SMARTS) is 1. The predicted octanol–water partition coefficient (Wildman–Crippen LogP) is 3.46. The fourth-order valence-corrected chi connectivity index (χ4v) is 2.27. The Kier molecular flexibility index (Phi) is 4.08. The van der Waals surface area contributed by atoms with E-state index >= 15 is 0 Å². The van der Waals surface area contributed by atoms with Crippen molar-refractivity contribution >= 4 is 11.9 Å². The van der Waals surface area contributed by atoms with Gasteiger partial charge in [0.25, 0.3) is 0 Å². The van der Waals surface area contributed by atoms with Crippen molar-refractivity contribution in [2.75, 3.05) is 7.11 Å². The van der Waals surface area contributed by atoms with Crippen molar-refractivity contribution in [3.63, 3.8) is 0 Å². The molecule has 4 heteroatoms. The van der Waals surface area contributed by atoms with Gasteiger partial charge in [0.15, 0.2) is 0 Å². The van der Waals surface area contributed by atoms with Gasteiger partial charge in [-0.05, 0) is 54.3 Å². The highest BCUT2D eigenvalue weighted by Crippen LogP contribution is 2.28. The number of ether oxygens (including phenoxy) is 1. The molecule has 4 nitrogen and oxygen atoms in total. The van der Waals surface area contributed by atoms with Crippen LogP contribution in [0.3, 0.4) is 0 Å². The quantitative estimate of drug-likeness (QED) is 0.877. The molecule has 0 fully saturated rings. The van der Waals surface area contributed by atoms with Crippen molar-refractivity contribution in [2.45, 2.75) is 13.8 Å². The first-order chi connectivity index (χ1) is 9.95. The third kappa shape index (κ3) is 2.79. The van der Waals surface area contributed by atoms with Gasteiger partial charge in [0.1, 0.15) is 0 Å². The van der Waals surface area contributed by atoms with E-state index in [0.29, 0.717) is 11.1 Å². The lowest BCUT2D eigenvalue weighted by Gasteiger charge is -2.12. The molecule has 0 spiro atoms. The number of rotatable bonds is 3. The first-order valence-electron chi connectivity index (χ1n) is 6.48. The third-order valence-electron chi connectivity index (χ3n) is 3.63. The maximum atomic E-state index is 11.4. The zero-order valence-corrected chi connectivity index (χ0v) is 12.1. The maximum Gasteiger partial charge on any atom is 0.337 e. The summed E-state index contributed by atoms with van der Waals surface area (Å²) in [4.78, 5) is 22.5. The number of carbonyl (C=O) groups is 2. The zero-order chi connectivity index (χ0) is 15.6. The molecule has 21 heavy (non-hydrogen) atoms. The second kappa shape index (κ2) is 5.79. The molecular formula is C17H16O4. The van der Waals surface area contributed by atoms with Crippen LogP contribution in [-0.2, 0) is 4.74 Å². The molecule has 0 saturated carbocycles. The van der Waals surface area contributed by atoms with Crippen LogP contribution in [0.2, 0.25) is 0 Å². The SMILES string of the molecule is COC(=O)c1ccc(-c2ccc(C(=O)O)c(C)c2C)cc1. The van der Waals surface area contributed by atoms with Crippen molar-refractivity contribution in [2.24, 2.45) is 0 Å². The Morgan fingerprint density at radius 3 is 2.10 bits per heavy atom. The van der Waals surface area contributed by atoms with E-state index in [2.05, 4.69) is 4.74 Å². The van der Waals surface area contributed by atoms with Crippen LogP contribution in [-0.4, -0.2) is 24.2 Å². The van der Waals surface area contributed by atoms with Gasteiger partial charge in [0, 0.05) is 0 Å². The van der Waals surface area contributed by atoms with Crippen molar-refractivity contribution in [1.82, 2.24) is 0 Å². The van der Waals surface area contributed by atoms with Crippen LogP contribution in [0.4, 0.5) is 0 Å². The fourth-order valence-electron chi connectivity index (χ4n) is 2.27. The van der Waals surface area contributed by atoms with E-state index in [0.717, 1.165) is 22.3 Å². The summed E-state index contributed by atoms with van der Waals surface area (Å²) in [6.07, 6.45) is 0. The number of hydrogen-bond acceptors (Lipinski definition) is 3. The van der Waals surface area contributed by atoms with E-state index in [1.54, 1.807) is 31.2 Å². The summed E-state index contributed by atoms with van der Waals surface area (Å²) in [7, 11) is 1.34. The smallest absolute Gasteiger partial charge is 0.337 e. The van der Waals surface area contributed by atoms with Gasteiger partial charge >= 0.3 is 11.9 Å². The summed E-state index contributed by atoms with van der Waals surface area (Å²) < 4.78 is 4.66. The molecule has 2 aromatic rings. The van der Waals surface area contributed by atoms with Gasteiger partial charge in [-0.25, -0.2) is 9.59 Å². The Hall–Kier alpha value is -2.62. The standard InChI is InChI=1S/C17H16O4/c1-10-11(2)15(16(18)19)9-8-14(10)12-4-6-13(7-5-12)17(20)21-3/h4-9H,1-3H3,(H,18,19). The molecule has 2 rings (SSSR count). The fraction of sp³-hybridized carbons (Fsp3) is 0.176. The third-order valence-corrected chi connectivity index (χ3v) is 3.63. The van der Waals surface area contributed by atoms with Crippen LogP contribution in [0, 0.1) is 13.8 Å². The van der Waals surface area contributed by atoms with Gasteiger partial charge in [-0.1, -0.05) is 18.2 Å². The highest BCUT2D eigenvalue weighted by molar-refractivity contribution is 5.92. The number of esters is 1. The van der Waals surface area contributed by atoms with Crippen LogP contribution in [0.15, 0.2) is 36.4 Å². The zero-order valence-electron chi connectivity index (χ0n) is 12.1. The van der Waals surface area contributed by atoms with Crippen molar-refractivity contribution in [3.8, 4) is 11.1 Å². The molecule has 0 heterocycles. The predicted molar refractivity (Wildman–Crippen MR) is 79.7 cm³/mol. The van der Waals surface area contributed by atoms with Crippen molar-refractivity contribution < 1.29 is 19.4 Å². The molecule has 0 aromatic heterocycles. The summed E-state index contributed by atoms with van der Waals surface area (Å²) >= 11 is 0. The van der Waals surface area contributed by atoms with Crippen LogP contribution in [0.5, 0.6) is 0 Å². The minimum atomic E-state index is -0.928. The van der Waals surface area contributed by atoms with Gasteiger partial charge < -0.3 is 9.84 Å². The Bertz CT molecular complexity index is 699. The first kappa shape index (κ1) is 14.8. The number of hydrogen-bond donors (Lipinski definition) is 1. The van der Waals surface area contributed by atoms with E-state index in [4.69, 9.17) is 5.11 Å². The Morgan fingerprint density at radius 2 is 1.57 bits per heavy atom. The summed E-state index contributed by atoms with van der Waals surface area (Å²) in [5, 5.41) is 9.12. The average Bonchev–Trinajstić information content (AvgIpc) is 2.49. The minimum absolute atomic E-state index is 0.308. The molecule has 0 unspecified atom stereocenters. The number of carboxylic acids is 1. The molecule has 108 valence electrons. The molecule has 0 aliphatic carbocycles. The first-order valence-corrected chi connectivity index (χ1v) is 6.48. The molecule has 0 atom stereocenters.